The monoisotopic (exact) mass is 295 g/mol. The van der Waals surface area contributed by atoms with Crippen LogP contribution in [0.2, 0.25) is 0 Å². The van der Waals surface area contributed by atoms with E-state index in [1.165, 1.54) is 6.92 Å². The highest BCUT2D eigenvalue weighted by Gasteiger charge is 2.38. The summed E-state index contributed by atoms with van der Waals surface area (Å²) in [6.07, 6.45) is -3.54. The van der Waals surface area contributed by atoms with Crippen molar-refractivity contribution in [2.24, 2.45) is 0 Å². The Hall–Kier alpha value is 0.190. The van der Waals surface area contributed by atoms with Crippen molar-refractivity contribution in [3.63, 3.8) is 0 Å². The van der Waals surface area contributed by atoms with E-state index in [0.29, 0.717) is 0 Å². The highest BCUT2D eigenvalue weighted by Crippen LogP contribution is 2.51. The highest BCUT2D eigenvalue weighted by molar-refractivity contribution is 8.09. The standard InChI is InChI=1S/C7H13ClF2NO3PS/c1-3-6(12)11-5(2)15(13,16)14-7(9,10)4-8/h5H,3-4H2,1-2H3,(H,11,12)(H,13,16). The Labute approximate surface area is 102 Å². The minimum absolute atomic E-state index is 0.158. The first-order valence-corrected chi connectivity index (χ1v) is 7.68. The topological polar surface area (TPSA) is 58.6 Å². The van der Waals surface area contributed by atoms with Gasteiger partial charge in [0.05, 0.1) is 0 Å². The molecule has 0 aliphatic rings. The number of rotatable bonds is 6. The van der Waals surface area contributed by atoms with Gasteiger partial charge in [0.1, 0.15) is 11.7 Å². The van der Waals surface area contributed by atoms with Gasteiger partial charge in [-0.2, -0.15) is 8.78 Å². The predicted molar refractivity (Wildman–Crippen MR) is 61.2 cm³/mol. The maximum Gasteiger partial charge on any atom is 0.374 e. The number of carbonyl (C=O) groups excluding carboxylic acids is 1. The van der Waals surface area contributed by atoms with Crippen LogP contribution >= 0.6 is 18.1 Å². The Kier molecular flexibility index (Phi) is 6.29. The second-order valence-corrected chi connectivity index (χ2v) is 6.95. The molecule has 0 aromatic carbocycles. The van der Waals surface area contributed by atoms with Crippen molar-refractivity contribution in [3.8, 4) is 0 Å². The fraction of sp³-hybridized carbons (Fsp3) is 0.857. The number of carbonyl (C=O) groups is 1. The van der Waals surface area contributed by atoms with E-state index < -0.39 is 30.2 Å². The van der Waals surface area contributed by atoms with Crippen molar-refractivity contribution in [1.29, 1.82) is 0 Å². The van der Waals surface area contributed by atoms with Gasteiger partial charge >= 0.3 is 6.11 Å². The molecule has 4 nitrogen and oxygen atoms in total. The maximum absolute atomic E-state index is 12.8. The Balaban J connectivity index is 4.54. The molecule has 0 aromatic rings. The van der Waals surface area contributed by atoms with Gasteiger partial charge in [0.15, 0.2) is 0 Å². The van der Waals surface area contributed by atoms with Gasteiger partial charge in [-0.25, -0.2) is 0 Å². The molecule has 2 unspecified atom stereocenters. The normalized spacial score (nSPS) is 17.6. The molecule has 0 aromatic heterocycles. The first-order valence-electron chi connectivity index (χ1n) is 4.41. The van der Waals surface area contributed by atoms with Crippen molar-refractivity contribution in [2.75, 3.05) is 5.88 Å². The lowest BCUT2D eigenvalue weighted by Crippen LogP contribution is -2.34. The van der Waals surface area contributed by atoms with Gasteiger partial charge in [-0.05, 0) is 18.7 Å². The smallest absolute Gasteiger partial charge is 0.344 e. The molecule has 1 amide bonds. The van der Waals surface area contributed by atoms with Gasteiger partial charge in [-0.3, -0.25) is 9.32 Å². The van der Waals surface area contributed by atoms with Crippen molar-refractivity contribution in [2.45, 2.75) is 32.2 Å². The van der Waals surface area contributed by atoms with Crippen LogP contribution < -0.4 is 5.32 Å². The summed E-state index contributed by atoms with van der Waals surface area (Å²) >= 11 is 9.47. The number of nitrogens with one attached hydrogen (secondary N) is 1. The van der Waals surface area contributed by atoms with Crippen LogP contribution in [0, 0.1) is 0 Å². The fourth-order valence-corrected chi connectivity index (χ4v) is 2.24. The van der Waals surface area contributed by atoms with E-state index in [-0.39, 0.29) is 6.42 Å². The molecule has 0 aliphatic heterocycles. The quantitative estimate of drug-likeness (QED) is 0.581. The molecule has 0 saturated carbocycles. The van der Waals surface area contributed by atoms with Crippen molar-refractivity contribution in [3.05, 3.63) is 0 Å². The zero-order valence-corrected chi connectivity index (χ0v) is 11.2. The third kappa shape index (κ3) is 5.50. The van der Waals surface area contributed by atoms with E-state index in [9.17, 15) is 18.5 Å². The summed E-state index contributed by atoms with van der Waals surface area (Å²) in [5.41, 5.74) is 0. The SMILES string of the molecule is CCC(=O)NC(C)P(O)(=S)OC(F)(F)CCl. The van der Waals surface area contributed by atoms with Crippen LogP contribution in [-0.4, -0.2) is 28.6 Å². The van der Waals surface area contributed by atoms with E-state index in [2.05, 4.69) is 21.6 Å². The molecule has 0 spiro atoms. The molecule has 9 heteroatoms. The van der Waals surface area contributed by atoms with Gasteiger partial charge < -0.3 is 10.2 Å². The Morgan fingerprint density at radius 3 is 2.62 bits per heavy atom. The second kappa shape index (κ2) is 6.21. The lowest BCUT2D eigenvalue weighted by atomic mass is 10.4. The molecule has 0 heterocycles. The number of alkyl halides is 3. The number of amides is 1. The molecule has 16 heavy (non-hydrogen) atoms. The van der Waals surface area contributed by atoms with E-state index in [4.69, 9.17) is 11.6 Å². The molecule has 2 atom stereocenters. The van der Waals surface area contributed by atoms with Crippen LogP contribution in [0.4, 0.5) is 8.78 Å². The van der Waals surface area contributed by atoms with Crippen LogP contribution in [0.3, 0.4) is 0 Å². The van der Waals surface area contributed by atoms with Crippen LogP contribution in [0.15, 0.2) is 0 Å². The highest BCUT2D eigenvalue weighted by atomic mass is 35.5. The minimum Gasteiger partial charge on any atom is -0.344 e. The van der Waals surface area contributed by atoms with Crippen LogP contribution in [0.25, 0.3) is 0 Å². The van der Waals surface area contributed by atoms with E-state index >= 15 is 0 Å². The summed E-state index contributed by atoms with van der Waals surface area (Å²) in [6, 6.07) is 0. The Bertz CT molecular complexity index is 305. The molecule has 0 rings (SSSR count). The van der Waals surface area contributed by atoms with Gasteiger partial charge in [-0.1, -0.05) is 6.92 Å². The van der Waals surface area contributed by atoms with Gasteiger partial charge in [0.2, 0.25) is 12.4 Å². The van der Waals surface area contributed by atoms with Crippen LogP contribution in [0.1, 0.15) is 20.3 Å². The van der Waals surface area contributed by atoms with E-state index in [1.54, 1.807) is 6.92 Å². The second-order valence-electron chi connectivity index (χ2n) is 3.02. The van der Waals surface area contributed by atoms with Gasteiger partial charge in [-0.15, -0.1) is 11.6 Å². The average molecular weight is 296 g/mol. The molecular weight excluding hydrogens is 283 g/mol. The molecule has 0 radical (unpaired) electrons. The lowest BCUT2D eigenvalue weighted by molar-refractivity contribution is -0.156. The van der Waals surface area contributed by atoms with Crippen molar-refractivity contribution in [1.82, 2.24) is 5.32 Å². The maximum atomic E-state index is 12.8. The first kappa shape index (κ1) is 16.2. The summed E-state index contributed by atoms with van der Waals surface area (Å²) < 4.78 is 29.6. The molecule has 0 bridgehead atoms. The summed E-state index contributed by atoms with van der Waals surface area (Å²) in [6.45, 7) is -0.937. The number of hydrogen-bond donors (Lipinski definition) is 2. The van der Waals surface area contributed by atoms with Gasteiger partial charge in [0, 0.05) is 6.42 Å². The summed E-state index contributed by atoms with van der Waals surface area (Å²) in [4.78, 5) is 20.5. The zero-order valence-electron chi connectivity index (χ0n) is 8.74. The van der Waals surface area contributed by atoms with Crippen LogP contribution in [0.5, 0.6) is 0 Å². The summed E-state index contributed by atoms with van der Waals surface area (Å²) in [5, 5.41) is 2.27. The summed E-state index contributed by atoms with van der Waals surface area (Å²) in [7, 11) is 0. The molecule has 0 fully saturated rings. The summed E-state index contributed by atoms with van der Waals surface area (Å²) in [5.74, 6) is -2.57. The fourth-order valence-electron chi connectivity index (χ4n) is 0.711. The molecular formula is C7H13ClF2NO3PS. The molecule has 96 valence electrons. The first-order chi connectivity index (χ1) is 7.14. The average Bonchev–Trinajstić information content (AvgIpc) is 2.16. The molecule has 0 saturated heterocycles. The predicted octanol–water partition coefficient (Wildman–Crippen LogP) is 2.01. The molecule has 2 N–H and O–H groups in total. The van der Waals surface area contributed by atoms with E-state index in [0.717, 1.165) is 0 Å². The Morgan fingerprint density at radius 2 is 2.25 bits per heavy atom. The van der Waals surface area contributed by atoms with Crippen LogP contribution in [-0.2, 0) is 21.1 Å². The van der Waals surface area contributed by atoms with Gasteiger partial charge in [0.25, 0.3) is 0 Å². The lowest BCUT2D eigenvalue weighted by Gasteiger charge is -2.26. The third-order valence-electron chi connectivity index (χ3n) is 1.60. The number of hydrogen-bond acceptors (Lipinski definition) is 3. The third-order valence-corrected chi connectivity index (χ3v) is 4.72. The zero-order chi connectivity index (χ0) is 13.0. The van der Waals surface area contributed by atoms with Crippen molar-refractivity contribution >= 4 is 35.8 Å². The van der Waals surface area contributed by atoms with Crippen molar-refractivity contribution < 1.29 is 23.0 Å². The molecule has 0 aliphatic carbocycles. The Morgan fingerprint density at radius 1 is 1.75 bits per heavy atom. The largest absolute Gasteiger partial charge is 0.374 e. The minimum atomic E-state index is -3.82. The number of halogens is 3. The van der Waals surface area contributed by atoms with E-state index in [1.807, 2.05) is 0 Å².